The maximum Gasteiger partial charge on any atom is 0.241 e. The lowest BCUT2D eigenvalue weighted by Crippen LogP contribution is -2.51. The van der Waals surface area contributed by atoms with Crippen LogP contribution >= 0.6 is 0 Å². The average Bonchev–Trinajstić information content (AvgIpc) is 2.72. The van der Waals surface area contributed by atoms with Gasteiger partial charge in [0.2, 0.25) is 5.91 Å². The van der Waals surface area contributed by atoms with Crippen molar-refractivity contribution in [3.63, 3.8) is 0 Å². The summed E-state index contributed by atoms with van der Waals surface area (Å²) in [7, 11) is 1.60. The number of aliphatic imine (C=N–C) groups is 1. The van der Waals surface area contributed by atoms with Crippen LogP contribution in [0.2, 0.25) is 0 Å². The molecule has 8 heteroatoms. The molecule has 1 fully saturated rings. The third kappa shape index (κ3) is 6.74. The number of carbonyl (C=O) groups excluding carboxylic acids is 1. The minimum absolute atomic E-state index is 0.0622. The molecule has 1 aromatic carbocycles. The minimum Gasteiger partial charge on any atom is -0.383 e. The number of methoxy groups -OCH3 is 1. The van der Waals surface area contributed by atoms with Gasteiger partial charge in [0.25, 0.3) is 0 Å². The number of guanidine groups is 1. The maximum atomic E-state index is 11.9. The summed E-state index contributed by atoms with van der Waals surface area (Å²) in [5.41, 5.74) is 1.66. The van der Waals surface area contributed by atoms with Gasteiger partial charge in [0, 0.05) is 39.3 Å². The predicted octanol–water partition coefficient (Wildman–Crippen LogP) is 0.845. The molecule has 3 N–H and O–H groups in total. The molecule has 1 amide bonds. The molecule has 1 heterocycles. The summed E-state index contributed by atoms with van der Waals surface area (Å²) in [6.07, 6.45) is 2.03. The van der Waals surface area contributed by atoms with Crippen LogP contribution in [0.15, 0.2) is 29.3 Å². The van der Waals surface area contributed by atoms with Gasteiger partial charge >= 0.3 is 0 Å². The summed E-state index contributed by atoms with van der Waals surface area (Å²) in [6.45, 7) is 5.43. The largest absolute Gasteiger partial charge is 0.383 e. The van der Waals surface area contributed by atoms with E-state index < -0.39 is 0 Å². The van der Waals surface area contributed by atoms with Gasteiger partial charge < -0.3 is 25.6 Å². The Morgan fingerprint density at radius 1 is 1.39 bits per heavy atom. The van der Waals surface area contributed by atoms with Crippen molar-refractivity contribution in [3.05, 3.63) is 29.8 Å². The molecule has 2 rings (SSSR count). The number of nitrogens with one attached hydrogen (secondary N) is 3. The number of para-hydroxylation sites is 1. The zero-order chi connectivity index (χ0) is 20.2. The fraction of sp³-hybridized carbons (Fsp3) is 0.550. The van der Waals surface area contributed by atoms with Crippen molar-refractivity contribution in [2.45, 2.75) is 25.8 Å². The van der Waals surface area contributed by atoms with Gasteiger partial charge in [0.1, 0.15) is 12.6 Å². The van der Waals surface area contributed by atoms with E-state index in [1.54, 1.807) is 7.11 Å². The standard InChI is InChI=1S/C20H30N6O2/c1-3-22-20(24-14-19(27)23-10-12-28-2)25-17-8-6-11-26(15-17)18-9-5-4-7-16(18)13-21/h4-5,7,9,17H,3,6,8,10-12,14-15H2,1-2H3,(H,23,27)(H2,22,24,25). The fourth-order valence-electron chi connectivity index (χ4n) is 3.17. The van der Waals surface area contributed by atoms with E-state index in [2.05, 4.69) is 31.9 Å². The number of carbonyl (C=O) groups is 1. The smallest absolute Gasteiger partial charge is 0.241 e. The van der Waals surface area contributed by atoms with Crippen LogP contribution < -0.4 is 20.9 Å². The second-order valence-corrected chi connectivity index (χ2v) is 6.60. The lowest BCUT2D eigenvalue weighted by atomic mass is 10.0. The molecule has 8 nitrogen and oxygen atoms in total. The van der Waals surface area contributed by atoms with Gasteiger partial charge in [-0.1, -0.05) is 12.1 Å². The van der Waals surface area contributed by atoms with E-state index in [1.807, 2.05) is 31.2 Å². The van der Waals surface area contributed by atoms with E-state index in [-0.39, 0.29) is 18.5 Å². The predicted molar refractivity (Wildman–Crippen MR) is 110 cm³/mol. The van der Waals surface area contributed by atoms with Gasteiger partial charge in [0.05, 0.1) is 17.9 Å². The molecule has 28 heavy (non-hydrogen) atoms. The van der Waals surface area contributed by atoms with Gasteiger partial charge in [-0.3, -0.25) is 4.79 Å². The van der Waals surface area contributed by atoms with Gasteiger partial charge in [-0.05, 0) is 31.9 Å². The first-order valence-electron chi connectivity index (χ1n) is 9.72. The number of piperidine rings is 1. The molecule has 0 spiro atoms. The van der Waals surface area contributed by atoms with Crippen molar-refractivity contribution >= 4 is 17.6 Å². The number of hydrogen-bond acceptors (Lipinski definition) is 5. The molecule has 1 aromatic rings. The Labute approximate surface area is 167 Å². The number of hydrogen-bond donors (Lipinski definition) is 3. The van der Waals surface area contributed by atoms with Crippen LogP contribution in [0.4, 0.5) is 5.69 Å². The second-order valence-electron chi connectivity index (χ2n) is 6.60. The number of nitrogens with zero attached hydrogens (tertiary/aromatic N) is 3. The van der Waals surface area contributed by atoms with Crippen molar-refractivity contribution in [1.29, 1.82) is 5.26 Å². The molecule has 1 unspecified atom stereocenters. The third-order valence-electron chi connectivity index (χ3n) is 4.48. The van der Waals surface area contributed by atoms with Gasteiger partial charge in [-0.15, -0.1) is 0 Å². The van der Waals surface area contributed by atoms with E-state index in [9.17, 15) is 10.1 Å². The summed E-state index contributed by atoms with van der Waals surface area (Å²) in [5, 5.41) is 18.7. The van der Waals surface area contributed by atoms with Crippen LogP contribution in [0.25, 0.3) is 0 Å². The number of anilines is 1. The lowest BCUT2D eigenvalue weighted by Gasteiger charge is -2.35. The summed E-state index contributed by atoms with van der Waals surface area (Å²) >= 11 is 0. The summed E-state index contributed by atoms with van der Waals surface area (Å²) in [5.74, 6) is 0.493. The maximum absolute atomic E-state index is 11.9. The third-order valence-corrected chi connectivity index (χ3v) is 4.48. The zero-order valence-electron chi connectivity index (χ0n) is 16.7. The molecule has 0 radical (unpaired) electrons. The van der Waals surface area contributed by atoms with Crippen LogP contribution in [0, 0.1) is 11.3 Å². The molecule has 1 aliphatic heterocycles. The van der Waals surface area contributed by atoms with E-state index >= 15 is 0 Å². The minimum atomic E-state index is -0.137. The van der Waals surface area contributed by atoms with Crippen LogP contribution in [-0.2, 0) is 9.53 Å². The Kier molecular flexibility index (Phi) is 9.08. The quantitative estimate of drug-likeness (QED) is 0.348. The molecule has 152 valence electrons. The first-order chi connectivity index (χ1) is 13.7. The van der Waals surface area contributed by atoms with Crippen molar-refractivity contribution in [3.8, 4) is 6.07 Å². The summed E-state index contributed by atoms with van der Waals surface area (Å²) in [6, 6.07) is 10.1. The number of rotatable bonds is 8. The van der Waals surface area contributed by atoms with Gasteiger partial charge in [0.15, 0.2) is 5.96 Å². The first-order valence-corrected chi connectivity index (χ1v) is 9.72. The van der Waals surface area contributed by atoms with Crippen molar-refractivity contribution in [1.82, 2.24) is 16.0 Å². The summed E-state index contributed by atoms with van der Waals surface area (Å²) in [4.78, 5) is 18.5. The van der Waals surface area contributed by atoms with Crippen molar-refractivity contribution in [2.75, 3.05) is 51.3 Å². The van der Waals surface area contributed by atoms with Crippen LogP contribution in [0.3, 0.4) is 0 Å². The molecular weight excluding hydrogens is 356 g/mol. The molecule has 0 aromatic heterocycles. The Balaban J connectivity index is 1.95. The normalized spacial score (nSPS) is 17.0. The monoisotopic (exact) mass is 386 g/mol. The number of ether oxygens (including phenoxy) is 1. The highest BCUT2D eigenvalue weighted by Gasteiger charge is 2.22. The zero-order valence-corrected chi connectivity index (χ0v) is 16.7. The highest BCUT2D eigenvalue weighted by Crippen LogP contribution is 2.23. The van der Waals surface area contributed by atoms with Crippen molar-refractivity contribution < 1.29 is 9.53 Å². The van der Waals surface area contributed by atoms with Crippen LogP contribution in [-0.4, -0.2) is 64.3 Å². The van der Waals surface area contributed by atoms with Crippen LogP contribution in [0.5, 0.6) is 0 Å². The fourth-order valence-corrected chi connectivity index (χ4v) is 3.17. The van der Waals surface area contributed by atoms with Crippen LogP contribution in [0.1, 0.15) is 25.3 Å². The number of amides is 1. The SMILES string of the molecule is CCNC(=NCC(=O)NCCOC)NC1CCCN(c2ccccc2C#N)C1. The number of nitriles is 1. The molecule has 0 aliphatic carbocycles. The first kappa shape index (κ1) is 21.5. The molecule has 0 saturated carbocycles. The lowest BCUT2D eigenvalue weighted by molar-refractivity contribution is -0.119. The Bertz CT molecular complexity index is 700. The van der Waals surface area contributed by atoms with E-state index in [1.165, 1.54) is 0 Å². The van der Waals surface area contributed by atoms with E-state index in [0.717, 1.165) is 31.6 Å². The van der Waals surface area contributed by atoms with Gasteiger partial charge in [-0.2, -0.15) is 5.26 Å². The average molecular weight is 387 g/mol. The Hall–Kier alpha value is -2.79. The topological polar surface area (TPSA) is 102 Å². The summed E-state index contributed by atoms with van der Waals surface area (Å²) < 4.78 is 4.92. The Morgan fingerprint density at radius 2 is 2.21 bits per heavy atom. The van der Waals surface area contributed by atoms with Crippen molar-refractivity contribution in [2.24, 2.45) is 4.99 Å². The van der Waals surface area contributed by atoms with E-state index in [0.29, 0.717) is 31.2 Å². The number of benzene rings is 1. The molecular formula is C20H30N6O2. The highest BCUT2D eigenvalue weighted by atomic mass is 16.5. The highest BCUT2D eigenvalue weighted by molar-refractivity contribution is 5.85. The molecule has 1 atom stereocenters. The second kappa shape index (κ2) is 11.8. The van der Waals surface area contributed by atoms with E-state index in [4.69, 9.17) is 4.74 Å². The van der Waals surface area contributed by atoms with Gasteiger partial charge in [-0.25, -0.2) is 4.99 Å². The molecule has 0 bridgehead atoms. The Morgan fingerprint density at radius 3 is 2.96 bits per heavy atom. The molecule has 1 saturated heterocycles. The molecule has 1 aliphatic rings.